The molecule has 1 N–H and O–H groups in total. The average Bonchev–Trinajstić information content (AvgIpc) is 2.63. The number of hydrogen-bond acceptors (Lipinski definition) is 5. The molecule has 3 rings (SSSR count). The van der Waals surface area contributed by atoms with Crippen molar-refractivity contribution in [1.82, 2.24) is 9.80 Å². The summed E-state index contributed by atoms with van der Waals surface area (Å²) >= 11 is 0. The molecule has 2 saturated heterocycles. The van der Waals surface area contributed by atoms with E-state index in [1.165, 1.54) is 24.8 Å². The lowest BCUT2D eigenvalue weighted by Gasteiger charge is -2.40. The van der Waals surface area contributed by atoms with Gasteiger partial charge in [-0.05, 0) is 44.0 Å². The summed E-state index contributed by atoms with van der Waals surface area (Å²) in [6.45, 7) is 9.02. The summed E-state index contributed by atoms with van der Waals surface area (Å²) in [6.07, 6.45) is 3.29. The molecule has 140 valence electrons. The fourth-order valence-corrected chi connectivity index (χ4v) is 3.81. The van der Waals surface area contributed by atoms with Crippen molar-refractivity contribution < 1.29 is 14.6 Å². The molecular weight excluding hydrogens is 316 g/mol. The van der Waals surface area contributed by atoms with Crippen LogP contribution in [0.15, 0.2) is 24.3 Å². The van der Waals surface area contributed by atoms with Gasteiger partial charge in [-0.25, -0.2) is 0 Å². The summed E-state index contributed by atoms with van der Waals surface area (Å²) in [5.74, 6) is 0.836. The van der Waals surface area contributed by atoms with Crippen molar-refractivity contribution in [3.05, 3.63) is 29.8 Å². The molecule has 1 aromatic rings. The minimum atomic E-state index is -0.453. The zero-order chi connectivity index (χ0) is 17.5. The Hall–Kier alpha value is -1.14. The first-order chi connectivity index (χ1) is 12.2. The van der Waals surface area contributed by atoms with E-state index in [1.54, 1.807) is 0 Å². The summed E-state index contributed by atoms with van der Waals surface area (Å²) < 4.78 is 11.2. The first-order valence-electron chi connectivity index (χ1n) is 9.62. The van der Waals surface area contributed by atoms with Crippen molar-refractivity contribution >= 4 is 0 Å². The zero-order valence-corrected chi connectivity index (χ0v) is 15.4. The normalized spacial score (nSPS) is 24.2. The van der Waals surface area contributed by atoms with Gasteiger partial charge in [0.15, 0.2) is 0 Å². The number of β-amino-alcohol motifs (C(OH)–C–C–N with tert-alkyl or cyclic N) is 1. The van der Waals surface area contributed by atoms with E-state index in [2.05, 4.69) is 9.80 Å². The van der Waals surface area contributed by atoms with Crippen LogP contribution in [0, 0.1) is 6.92 Å². The van der Waals surface area contributed by atoms with E-state index in [9.17, 15) is 5.11 Å². The van der Waals surface area contributed by atoms with Crippen molar-refractivity contribution in [2.24, 2.45) is 0 Å². The third-order valence-electron chi connectivity index (χ3n) is 5.20. The van der Waals surface area contributed by atoms with Gasteiger partial charge in [-0.1, -0.05) is 18.6 Å². The molecule has 2 unspecified atom stereocenters. The number of aryl methyl sites for hydroxylation is 1. The van der Waals surface area contributed by atoms with Crippen LogP contribution in [0.4, 0.5) is 0 Å². The third kappa shape index (κ3) is 5.96. The Morgan fingerprint density at radius 3 is 2.88 bits per heavy atom. The van der Waals surface area contributed by atoms with Crippen molar-refractivity contribution in [1.29, 1.82) is 0 Å². The highest BCUT2D eigenvalue weighted by atomic mass is 16.5. The molecule has 2 aliphatic heterocycles. The molecule has 0 aliphatic carbocycles. The monoisotopic (exact) mass is 348 g/mol. The second-order valence-electron chi connectivity index (χ2n) is 7.34. The van der Waals surface area contributed by atoms with Gasteiger partial charge in [0.2, 0.25) is 0 Å². The van der Waals surface area contributed by atoms with Gasteiger partial charge in [0.1, 0.15) is 18.5 Å². The van der Waals surface area contributed by atoms with Crippen LogP contribution in [-0.4, -0.2) is 79.6 Å². The standard InChI is InChI=1S/C20H32N2O3/c1-17-5-4-7-20(13-17)25-16-19(23)15-22-8-3-2-6-18(22)14-21-9-11-24-12-10-21/h4-5,7,13,18-19,23H,2-3,6,8-12,14-16H2,1H3. The SMILES string of the molecule is Cc1cccc(OCC(O)CN2CCCCC2CN2CCOCC2)c1. The van der Waals surface area contributed by atoms with Gasteiger partial charge in [-0.2, -0.15) is 0 Å². The summed E-state index contributed by atoms with van der Waals surface area (Å²) in [7, 11) is 0. The number of aliphatic hydroxyl groups is 1. The molecule has 5 nitrogen and oxygen atoms in total. The lowest BCUT2D eigenvalue weighted by atomic mass is 10.0. The molecule has 2 heterocycles. The van der Waals surface area contributed by atoms with E-state index in [-0.39, 0.29) is 0 Å². The second-order valence-corrected chi connectivity index (χ2v) is 7.34. The molecule has 25 heavy (non-hydrogen) atoms. The highest BCUT2D eigenvalue weighted by molar-refractivity contribution is 5.27. The molecule has 2 fully saturated rings. The Balaban J connectivity index is 1.46. The summed E-state index contributed by atoms with van der Waals surface area (Å²) in [4.78, 5) is 4.96. The smallest absolute Gasteiger partial charge is 0.119 e. The molecule has 2 atom stereocenters. The van der Waals surface area contributed by atoms with Gasteiger partial charge in [0, 0.05) is 32.2 Å². The minimum Gasteiger partial charge on any atom is -0.491 e. The Kier molecular flexibility index (Phi) is 7.11. The van der Waals surface area contributed by atoms with Crippen molar-refractivity contribution in [3.63, 3.8) is 0 Å². The molecule has 2 aliphatic rings. The van der Waals surface area contributed by atoms with Crippen LogP contribution >= 0.6 is 0 Å². The van der Waals surface area contributed by atoms with Crippen molar-refractivity contribution in [3.8, 4) is 5.75 Å². The fraction of sp³-hybridized carbons (Fsp3) is 0.700. The van der Waals surface area contributed by atoms with Gasteiger partial charge in [0.25, 0.3) is 0 Å². The average molecular weight is 348 g/mol. The van der Waals surface area contributed by atoms with E-state index in [0.717, 1.165) is 45.1 Å². The van der Waals surface area contributed by atoms with Crippen LogP contribution in [0.1, 0.15) is 24.8 Å². The summed E-state index contributed by atoms with van der Waals surface area (Å²) in [5.41, 5.74) is 1.17. The molecular formula is C20H32N2O3. The number of rotatable bonds is 7. The number of piperidine rings is 1. The van der Waals surface area contributed by atoms with E-state index in [0.29, 0.717) is 19.2 Å². The van der Waals surface area contributed by atoms with Crippen LogP contribution in [0.2, 0.25) is 0 Å². The van der Waals surface area contributed by atoms with Crippen LogP contribution in [0.3, 0.4) is 0 Å². The van der Waals surface area contributed by atoms with Crippen molar-refractivity contribution in [2.75, 3.05) is 52.5 Å². The third-order valence-corrected chi connectivity index (χ3v) is 5.20. The molecule has 1 aromatic carbocycles. The predicted molar refractivity (Wildman–Crippen MR) is 99.2 cm³/mol. The van der Waals surface area contributed by atoms with Crippen LogP contribution in [0.5, 0.6) is 5.75 Å². The minimum absolute atomic E-state index is 0.351. The summed E-state index contributed by atoms with van der Waals surface area (Å²) in [6, 6.07) is 8.53. The molecule has 0 aromatic heterocycles. The number of likely N-dealkylation sites (tertiary alicyclic amines) is 1. The van der Waals surface area contributed by atoms with Gasteiger partial charge in [-0.15, -0.1) is 0 Å². The maximum absolute atomic E-state index is 10.5. The Morgan fingerprint density at radius 2 is 2.08 bits per heavy atom. The summed E-state index contributed by atoms with van der Waals surface area (Å²) in [5, 5.41) is 10.5. The van der Waals surface area contributed by atoms with Gasteiger partial charge < -0.3 is 14.6 Å². The Labute approximate surface area is 151 Å². The molecule has 0 amide bonds. The zero-order valence-electron chi connectivity index (χ0n) is 15.4. The molecule has 0 bridgehead atoms. The van der Waals surface area contributed by atoms with E-state index in [1.807, 2.05) is 31.2 Å². The quantitative estimate of drug-likeness (QED) is 0.816. The number of morpholine rings is 1. The number of aliphatic hydroxyl groups excluding tert-OH is 1. The number of nitrogens with zero attached hydrogens (tertiary/aromatic N) is 2. The molecule has 0 saturated carbocycles. The predicted octanol–water partition coefficient (Wildman–Crippen LogP) is 1.92. The molecule has 0 radical (unpaired) electrons. The lowest BCUT2D eigenvalue weighted by molar-refractivity contribution is 0.00109. The Morgan fingerprint density at radius 1 is 1.24 bits per heavy atom. The van der Waals surface area contributed by atoms with E-state index in [4.69, 9.17) is 9.47 Å². The molecule has 5 heteroatoms. The second kappa shape index (κ2) is 9.53. The number of hydrogen-bond donors (Lipinski definition) is 1. The van der Waals surface area contributed by atoms with Crippen molar-refractivity contribution in [2.45, 2.75) is 38.3 Å². The van der Waals surface area contributed by atoms with Gasteiger partial charge >= 0.3 is 0 Å². The number of ether oxygens (including phenoxy) is 2. The highest BCUT2D eigenvalue weighted by Gasteiger charge is 2.27. The van der Waals surface area contributed by atoms with E-state index >= 15 is 0 Å². The maximum atomic E-state index is 10.5. The van der Waals surface area contributed by atoms with Gasteiger partial charge in [0.05, 0.1) is 13.2 Å². The van der Waals surface area contributed by atoms with Gasteiger partial charge in [-0.3, -0.25) is 9.80 Å². The lowest BCUT2D eigenvalue weighted by Crippen LogP contribution is -2.51. The van der Waals surface area contributed by atoms with Crippen LogP contribution in [0.25, 0.3) is 0 Å². The van der Waals surface area contributed by atoms with E-state index < -0.39 is 6.10 Å². The van der Waals surface area contributed by atoms with Crippen LogP contribution in [-0.2, 0) is 4.74 Å². The fourth-order valence-electron chi connectivity index (χ4n) is 3.81. The first kappa shape index (κ1) is 18.6. The Bertz CT molecular complexity index is 519. The first-order valence-corrected chi connectivity index (χ1v) is 9.62. The largest absolute Gasteiger partial charge is 0.491 e. The number of benzene rings is 1. The van der Waals surface area contributed by atoms with Crippen LogP contribution < -0.4 is 4.74 Å². The highest BCUT2D eigenvalue weighted by Crippen LogP contribution is 2.19. The molecule has 0 spiro atoms. The topological polar surface area (TPSA) is 45.2 Å². The maximum Gasteiger partial charge on any atom is 0.119 e.